The number of halogens is 1. The van der Waals surface area contributed by atoms with Crippen LogP contribution in [0.4, 0.5) is 0 Å². The molecule has 0 aliphatic carbocycles. The molecule has 1 fully saturated rings. The molecule has 8 nitrogen and oxygen atoms in total. The zero-order chi connectivity index (χ0) is 31.1. The van der Waals surface area contributed by atoms with Crippen LogP contribution < -0.4 is 15.4 Å². The number of aryl methyl sites for hydroxylation is 1. The minimum absolute atomic E-state index is 0.0884. The van der Waals surface area contributed by atoms with Gasteiger partial charge in [-0.25, -0.2) is 4.98 Å². The summed E-state index contributed by atoms with van der Waals surface area (Å²) in [7, 11) is 1.51. The van der Waals surface area contributed by atoms with Gasteiger partial charge in [-0.05, 0) is 67.6 Å². The second-order valence-corrected chi connectivity index (χ2v) is 12.4. The predicted molar refractivity (Wildman–Crippen MR) is 173 cm³/mol. The molecular weight excluding hydrogens is 596 g/mol. The molecule has 44 heavy (non-hydrogen) atoms. The Hall–Kier alpha value is -3.76. The number of aromatic nitrogens is 1. The van der Waals surface area contributed by atoms with Crippen molar-refractivity contribution in [1.29, 1.82) is 0 Å². The fourth-order valence-corrected chi connectivity index (χ4v) is 6.64. The Morgan fingerprint density at radius 2 is 1.86 bits per heavy atom. The molecule has 3 atom stereocenters. The lowest BCUT2D eigenvalue weighted by molar-refractivity contribution is 0.0735. The van der Waals surface area contributed by atoms with Gasteiger partial charge in [0.05, 0.1) is 25.3 Å². The fraction of sp³-hybridized carbons (Fsp3) is 0.324. The number of aliphatic hydroxyl groups is 1. The van der Waals surface area contributed by atoms with E-state index < -0.39 is 18.1 Å². The van der Waals surface area contributed by atoms with Gasteiger partial charge in [0.2, 0.25) is 0 Å². The summed E-state index contributed by atoms with van der Waals surface area (Å²) in [6, 6.07) is 21.4. The highest BCUT2D eigenvalue weighted by Crippen LogP contribution is 2.35. The molecule has 4 aromatic rings. The van der Waals surface area contributed by atoms with Crippen LogP contribution in [0.5, 0.6) is 5.75 Å². The maximum atomic E-state index is 13.8. The van der Waals surface area contributed by atoms with Crippen molar-refractivity contribution in [3.8, 4) is 5.75 Å². The Morgan fingerprint density at radius 3 is 2.59 bits per heavy atom. The molecule has 0 spiro atoms. The number of carbonyl (C=O) groups is 2. The van der Waals surface area contributed by atoms with Crippen molar-refractivity contribution in [2.24, 2.45) is 0 Å². The summed E-state index contributed by atoms with van der Waals surface area (Å²) < 4.78 is 5.50. The highest BCUT2D eigenvalue weighted by Gasteiger charge is 2.33. The standard InChI is InChI=1S/C34H37ClN4O4S/c1-22-21-44-33(37-22)30-12-7-13-39(30)34(42)26-16-25(17-28(18-26)43-2)32(41)38-29(15-23-8-4-3-5-9-23)31(40)20-36-19-24-10-6-11-27(35)14-24/h3-6,8-11,14,16-18,21,29-31,36,40H,7,12-13,15,19-20H2,1-2H3,(H,38,41)/t29-,30+,31+/m0/s1. The van der Waals surface area contributed by atoms with Crippen molar-refractivity contribution in [1.82, 2.24) is 20.5 Å². The smallest absolute Gasteiger partial charge is 0.254 e. The van der Waals surface area contributed by atoms with Gasteiger partial charge in [0.15, 0.2) is 0 Å². The van der Waals surface area contributed by atoms with Crippen LogP contribution in [0.1, 0.15) is 61.4 Å². The van der Waals surface area contributed by atoms with E-state index in [1.54, 1.807) is 29.5 Å². The van der Waals surface area contributed by atoms with E-state index in [9.17, 15) is 14.7 Å². The number of aliphatic hydroxyl groups excluding tert-OH is 1. The van der Waals surface area contributed by atoms with Crippen molar-refractivity contribution < 1.29 is 19.4 Å². The summed E-state index contributed by atoms with van der Waals surface area (Å²) in [5, 5.41) is 21.1. The van der Waals surface area contributed by atoms with Gasteiger partial charge in [0, 0.05) is 46.9 Å². The minimum atomic E-state index is -0.892. The number of amides is 2. The Balaban J connectivity index is 1.32. The van der Waals surface area contributed by atoms with Crippen LogP contribution in [0, 0.1) is 6.92 Å². The second kappa shape index (κ2) is 14.8. The predicted octanol–water partition coefficient (Wildman–Crippen LogP) is 5.58. The van der Waals surface area contributed by atoms with Crippen molar-refractivity contribution in [3.05, 3.63) is 116 Å². The number of rotatable bonds is 12. The first-order chi connectivity index (χ1) is 21.3. The molecule has 2 amide bonds. The van der Waals surface area contributed by atoms with Crippen molar-refractivity contribution >= 4 is 34.8 Å². The minimum Gasteiger partial charge on any atom is -0.497 e. The number of carbonyl (C=O) groups excluding carboxylic acids is 2. The first-order valence-corrected chi connectivity index (χ1v) is 16.0. The zero-order valence-electron chi connectivity index (χ0n) is 24.8. The molecule has 10 heteroatoms. The summed E-state index contributed by atoms with van der Waals surface area (Å²) in [5.41, 5.74) is 3.57. The number of thiazole rings is 1. The second-order valence-electron chi connectivity index (χ2n) is 11.0. The highest BCUT2D eigenvalue weighted by molar-refractivity contribution is 7.09. The van der Waals surface area contributed by atoms with Crippen molar-refractivity contribution in [2.75, 3.05) is 20.2 Å². The van der Waals surface area contributed by atoms with Gasteiger partial charge in [-0.1, -0.05) is 54.1 Å². The molecule has 0 bridgehead atoms. The Morgan fingerprint density at radius 1 is 1.09 bits per heavy atom. The fourth-order valence-electron chi connectivity index (χ4n) is 5.49. The van der Waals surface area contributed by atoms with Gasteiger partial charge >= 0.3 is 0 Å². The summed E-state index contributed by atoms with van der Waals surface area (Å²) in [6.45, 7) is 3.33. The lowest BCUT2D eigenvalue weighted by Crippen LogP contribution is -2.48. The van der Waals surface area contributed by atoms with Gasteiger partial charge in [-0.2, -0.15) is 0 Å². The van der Waals surface area contributed by atoms with Crippen LogP contribution in [0.3, 0.4) is 0 Å². The number of hydrogen-bond donors (Lipinski definition) is 3. The van der Waals surface area contributed by atoms with E-state index in [4.69, 9.17) is 16.3 Å². The number of ether oxygens (including phenoxy) is 1. The monoisotopic (exact) mass is 632 g/mol. The van der Waals surface area contributed by atoms with Crippen LogP contribution in [0.25, 0.3) is 0 Å². The number of methoxy groups -OCH3 is 1. The van der Waals surface area contributed by atoms with E-state index in [0.29, 0.717) is 35.8 Å². The SMILES string of the molecule is COc1cc(C(=O)N[C@@H](Cc2ccccc2)[C@H](O)CNCc2cccc(Cl)c2)cc(C(=O)N2CCC[C@@H]2c2nc(C)cs2)c1. The molecule has 3 aromatic carbocycles. The molecule has 0 radical (unpaired) electrons. The Kier molecular flexibility index (Phi) is 10.7. The lowest BCUT2D eigenvalue weighted by atomic mass is 10.00. The van der Waals surface area contributed by atoms with E-state index >= 15 is 0 Å². The molecule has 5 rings (SSSR count). The third-order valence-electron chi connectivity index (χ3n) is 7.74. The summed E-state index contributed by atoms with van der Waals surface area (Å²) in [5.74, 6) is -0.161. The highest BCUT2D eigenvalue weighted by atomic mass is 35.5. The first kappa shape index (κ1) is 31.7. The molecule has 3 N–H and O–H groups in total. The van der Waals surface area contributed by atoms with Crippen LogP contribution in [-0.2, 0) is 13.0 Å². The number of likely N-dealkylation sites (tertiary alicyclic amines) is 1. The van der Waals surface area contributed by atoms with Crippen molar-refractivity contribution in [3.63, 3.8) is 0 Å². The molecule has 1 aromatic heterocycles. The number of benzene rings is 3. The quantitative estimate of drug-likeness (QED) is 0.188. The zero-order valence-corrected chi connectivity index (χ0v) is 26.4. The molecule has 1 saturated heterocycles. The molecule has 0 saturated carbocycles. The summed E-state index contributed by atoms with van der Waals surface area (Å²) in [4.78, 5) is 33.9. The van der Waals surface area contributed by atoms with E-state index in [1.807, 2.05) is 71.8 Å². The Labute approximate surface area is 267 Å². The van der Waals surface area contributed by atoms with Crippen molar-refractivity contribution in [2.45, 2.75) is 50.9 Å². The first-order valence-electron chi connectivity index (χ1n) is 14.7. The van der Waals surface area contributed by atoms with Crippen LogP contribution >= 0.6 is 22.9 Å². The maximum absolute atomic E-state index is 13.8. The molecule has 230 valence electrons. The molecular formula is C34H37ClN4O4S. The number of nitrogens with zero attached hydrogens (tertiary/aromatic N) is 2. The summed E-state index contributed by atoms with van der Waals surface area (Å²) in [6.07, 6.45) is 1.26. The molecule has 2 heterocycles. The van der Waals surface area contributed by atoms with Crippen LogP contribution in [-0.4, -0.2) is 59.1 Å². The van der Waals surface area contributed by atoms with Crippen LogP contribution in [0.2, 0.25) is 5.02 Å². The average Bonchev–Trinajstić information content (AvgIpc) is 3.69. The third kappa shape index (κ3) is 8.04. The molecule has 1 aliphatic rings. The normalized spacial score (nSPS) is 16.0. The van der Waals surface area contributed by atoms with E-state index in [2.05, 4.69) is 15.6 Å². The van der Waals surface area contributed by atoms with Gasteiger partial charge in [0.1, 0.15) is 10.8 Å². The maximum Gasteiger partial charge on any atom is 0.254 e. The van der Waals surface area contributed by atoms with Gasteiger partial charge in [0.25, 0.3) is 11.8 Å². The lowest BCUT2D eigenvalue weighted by Gasteiger charge is -2.26. The largest absolute Gasteiger partial charge is 0.497 e. The molecule has 0 unspecified atom stereocenters. The topological polar surface area (TPSA) is 104 Å². The number of nitrogens with one attached hydrogen (secondary N) is 2. The van der Waals surface area contributed by atoms with Gasteiger partial charge < -0.3 is 25.4 Å². The van der Waals surface area contributed by atoms with Gasteiger partial charge in [-0.3, -0.25) is 9.59 Å². The van der Waals surface area contributed by atoms with Crippen LogP contribution in [0.15, 0.2) is 78.2 Å². The Bertz CT molecular complexity index is 1580. The van der Waals surface area contributed by atoms with E-state index in [0.717, 1.165) is 34.7 Å². The van der Waals surface area contributed by atoms with E-state index in [-0.39, 0.29) is 24.1 Å². The third-order valence-corrected chi connectivity index (χ3v) is 9.04. The number of hydrogen-bond acceptors (Lipinski definition) is 7. The van der Waals surface area contributed by atoms with E-state index in [1.165, 1.54) is 7.11 Å². The average molecular weight is 633 g/mol. The van der Waals surface area contributed by atoms with Gasteiger partial charge in [-0.15, -0.1) is 11.3 Å². The molecule has 1 aliphatic heterocycles. The summed E-state index contributed by atoms with van der Waals surface area (Å²) >= 11 is 7.67.